The molecule has 8 heteroatoms. The topological polar surface area (TPSA) is 43.2 Å². The van der Waals surface area contributed by atoms with E-state index in [0.717, 1.165) is 17.7 Å². The molecule has 0 aromatic heterocycles. The molecule has 0 saturated carbocycles. The highest BCUT2D eigenvalue weighted by molar-refractivity contribution is 5.82. The van der Waals surface area contributed by atoms with Crippen LogP contribution >= 0.6 is 0 Å². The maximum Gasteiger partial charge on any atom is 0.422 e. The van der Waals surface area contributed by atoms with E-state index in [9.17, 15) is 17.6 Å². The van der Waals surface area contributed by atoms with Crippen LogP contribution in [-0.2, 0) is 0 Å². The summed E-state index contributed by atoms with van der Waals surface area (Å²) in [5.74, 6) is -0.674. The normalized spacial score (nSPS) is 12.0. The first-order valence-electron chi connectivity index (χ1n) is 7.07. The Morgan fingerprint density at radius 1 is 0.960 bits per heavy atom. The summed E-state index contributed by atoms with van der Waals surface area (Å²) in [5.41, 5.74) is 1.13. The summed E-state index contributed by atoms with van der Waals surface area (Å²) in [6.45, 7) is -1.55. The van der Waals surface area contributed by atoms with Gasteiger partial charge < -0.3 is 9.47 Å². The van der Waals surface area contributed by atoms with E-state index in [1.807, 2.05) is 0 Å². The highest BCUT2D eigenvalue weighted by Crippen LogP contribution is 2.21. The van der Waals surface area contributed by atoms with Gasteiger partial charge in [0.1, 0.15) is 5.75 Å². The molecule has 25 heavy (non-hydrogen) atoms. The van der Waals surface area contributed by atoms with Gasteiger partial charge in [0.15, 0.2) is 18.2 Å². The lowest BCUT2D eigenvalue weighted by Crippen LogP contribution is -2.19. The van der Waals surface area contributed by atoms with E-state index in [1.165, 1.54) is 18.5 Å². The number of halogens is 4. The molecule has 0 unspecified atom stereocenters. The molecule has 4 nitrogen and oxygen atoms in total. The molecule has 2 aromatic carbocycles. The van der Waals surface area contributed by atoms with Crippen molar-refractivity contribution in [3.63, 3.8) is 0 Å². The van der Waals surface area contributed by atoms with Crippen LogP contribution in [0.1, 0.15) is 11.1 Å². The van der Waals surface area contributed by atoms with Gasteiger partial charge in [-0.1, -0.05) is 0 Å². The Morgan fingerprint density at radius 3 is 2.12 bits per heavy atom. The predicted octanol–water partition coefficient (Wildman–Crippen LogP) is 4.23. The van der Waals surface area contributed by atoms with E-state index in [4.69, 9.17) is 4.74 Å². The van der Waals surface area contributed by atoms with E-state index in [0.29, 0.717) is 11.3 Å². The number of hydrogen-bond donors (Lipinski definition) is 0. The van der Waals surface area contributed by atoms with Crippen LogP contribution in [0.25, 0.3) is 0 Å². The SMILES string of the molecule is COc1ccc(/C=N/N=C/c2ccc(OCC(F)(F)F)c(F)c2)cc1. The van der Waals surface area contributed by atoms with Gasteiger partial charge in [0.2, 0.25) is 0 Å². The van der Waals surface area contributed by atoms with Gasteiger partial charge in [0.05, 0.1) is 19.5 Å². The maximum absolute atomic E-state index is 13.7. The van der Waals surface area contributed by atoms with Gasteiger partial charge >= 0.3 is 6.18 Å². The smallest absolute Gasteiger partial charge is 0.422 e. The molecule has 0 spiro atoms. The number of nitrogens with zero attached hydrogens (tertiary/aromatic N) is 2. The molecule has 0 radical (unpaired) electrons. The predicted molar refractivity (Wildman–Crippen MR) is 86.1 cm³/mol. The number of rotatable bonds is 6. The van der Waals surface area contributed by atoms with Gasteiger partial charge in [-0.25, -0.2) is 4.39 Å². The lowest BCUT2D eigenvalue weighted by molar-refractivity contribution is -0.153. The minimum atomic E-state index is -4.53. The molecular weight excluding hydrogens is 340 g/mol. The Kier molecular flexibility index (Phi) is 6.10. The highest BCUT2D eigenvalue weighted by Gasteiger charge is 2.28. The van der Waals surface area contributed by atoms with Crippen molar-refractivity contribution in [2.24, 2.45) is 10.2 Å². The first-order valence-corrected chi connectivity index (χ1v) is 7.07. The van der Waals surface area contributed by atoms with Crippen molar-refractivity contribution < 1.29 is 27.0 Å². The van der Waals surface area contributed by atoms with Crippen molar-refractivity contribution in [2.45, 2.75) is 6.18 Å². The van der Waals surface area contributed by atoms with Crippen LogP contribution in [0.2, 0.25) is 0 Å². The average molecular weight is 354 g/mol. The van der Waals surface area contributed by atoms with Crippen LogP contribution in [0.5, 0.6) is 11.5 Å². The Labute approximate surface area is 141 Å². The summed E-state index contributed by atoms with van der Waals surface area (Å²) >= 11 is 0. The summed E-state index contributed by atoms with van der Waals surface area (Å²) in [6, 6.07) is 10.6. The summed E-state index contributed by atoms with van der Waals surface area (Å²) in [5, 5.41) is 7.58. The first-order chi connectivity index (χ1) is 11.9. The van der Waals surface area contributed by atoms with E-state index in [-0.39, 0.29) is 0 Å². The molecule has 0 atom stereocenters. The number of ether oxygens (including phenoxy) is 2. The van der Waals surface area contributed by atoms with Crippen molar-refractivity contribution in [1.29, 1.82) is 0 Å². The van der Waals surface area contributed by atoms with Gasteiger partial charge in [0.25, 0.3) is 0 Å². The first kappa shape index (κ1) is 18.4. The largest absolute Gasteiger partial charge is 0.497 e. The molecule has 0 aliphatic carbocycles. The Bertz CT molecular complexity index is 756. The number of benzene rings is 2. The molecular formula is C17H14F4N2O2. The zero-order chi connectivity index (χ0) is 18.3. The Hall–Kier alpha value is -2.90. The monoisotopic (exact) mass is 354 g/mol. The van der Waals surface area contributed by atoms with Crippen molar-refractivity contribution in [1.82, 2.24) is 0 Å². The van der Waals surface area contributed by atoms with Crippen LogP contribution in [0, 0.1) is 5.82 Å². The zero-order valence-electron chi connectivity index (χ0n) is 13.1. The lowest BCUT2D eigenvalue weighted by atomic mass is 10.2. The van der Waals surface area contributed by atoms with Gasteiger partial charge in [0, 0.05) is 0 Å². The van der Waals surface area contributed by atoms with E-state index < -0.39 is 24.3 Å². The highest BCUT2D eigenvalue weighted by atomic mass is 19.4. The molecule has 0 bridgehead atoms. The second kappa shape index (κ2) is 8.27. The summed E-state index contributed by atoms with van der Waals surface area (Å²) in [7, 11) is 1.56. The fourth-order valence-electron chi connectivity index (χ4n) is 1.76. The Morgan fingerprint density at radius 2 is 1.56 bits per heavy atom. The zero-order valence-corrected chi connectivity index (χ0v) is 13.1. The molecule has 0 amide bonds. The maximum atomic E-state index is 13.7. The van der Waals surface area contributed by atoms with E-state index in [2.05, 4.69) is 14.9 Å². The molecule has 0 N–H and O–H groups in total. The summed E-state index contributed by atoms with van der Waals surface area (Å²) < 4.78 is 59.2. The number of hydrogen-bond acceptors (Lipinski definition) is 4. The molecule has 0 aliphatic heterocycles. The van der Waals surface area contributed by atoms with Crippen molar-refractivity contribution in [3.8, 4) is 11.5 Å². The van der Waals surface area contributed by atoms with E-state index >= 15 is 0 Å². The molecule has 0 fully saturated rings. The molecule has 132 valence electrons. The molecule has 0 aliphatic rings. The van der Waals surface area contributed by atoms with E-state index in [1.54, 1.807) is 31.4 Å². The van der Waals surface area contributed by atoms with Crippen LogP contribution < -0.4 is 9.47 Å². The van der Waals surface area contributed by atoms with Crippen molar-refractivity contribution in [3.05, 3.63) is 59.4 Å². The number of alkyl halides is 3. The van der Waals surface area contributed by atoms with Crippen LogP contribution in [-0.4, -0.2) is 32.3 Å². The molecule has 2 rings (SSSR count). The third-order valence-corrected chi connectivity index (χ3v) is 2.94. The Balaban J connectivity index is 1.96. The van der Waals surface area contributed by atoms with Gasteiger partial charge in [-0.05, 0) is 53.6 Å². The van der Waals surface area contributed by atoms with Crippen LogP contribution in [0.15, 0.2) is 52.7 Å². The van der Waals surface area contributed by atoms with Crippen LogP contribution in [0.3, 0.4) is 0 Å². The van der Waals surface area contributed by atoms with Gasteiger partial charge in [-0.2, -0.15) is 23.4 Å². The summed E-state index contributed by atoms with van der Waals surface area (Å²) in [6.07, 6.45) is -1.76. The quantitative estimate of drug-likeness (QED) is 0.443. The van der Waals surface area contributed by atoms with Gasteiger partial charge in [-0.15, -0.1) is 0 Å². The van der Waals surface area contributed by atoms with Crippen LogP contribution in [0.4, 0.5) is 17.6 Å². The fourth-order valence-corrected chi connectivity index (χ4v) is 1.76. The average Bonchev–Trinajstić information content (AvgIpc) is 2.57. The third kappa shape index (κ3) is 6.25. The minimum absolute atomic E-state index is 0.337. The molecule has 0 saturated heterocycles. The standard InChI is InChI=1S/C17H14F4N2O2/c1-24-14-5-2-12(3-6-14)9-22-23-10-13-4-7-16(15(18)8-13)25-11-17(19,20)21/h2-10H,11H2,1H3/b22-9+,23-10+. The number of methoxy groups -OCH3 is 1. The minimum Gasteiger partial charge on any atom is -0.497 e. The van der Waals surface area contributed by atoms with Crippen molar-refractivity contribution in [2.75, 3.05) is 13.7 Å². The van der Waals surface area contributed by atoms with Gasteiger partial charge in [-0.3, -0.25) is 0 Å². The second-order valence-electron chi connectivity index (χ2n) is 4.86. The second-order valence-corrected chi connectivity index (χ2v) is 4.86. The molecule has 0 heterocycles. The van der Waals surface area contributed by atoms with Crippen molar-refractivity contribution >= 4 is 12.4 Å². The summed E-state index contributed by atoms with van der Waals surface area (Å²) in [4.78, 5) is 0. The lowest BCUT2D eigenvalue weighted by Gasteiger charge is -2.09. The fraction of sp³-hybridized carbons (Fsp3) is 0.176. The third-order valence-electron chi connectivity index (χ3n) is 2.94. The molecule has 2 aromatic rings.